The van der Waals surface area contributed by atoms with Gasteiger partial charge in [0.2, 0.25) is 0 Å². The zero-order valence-electron chi connectivity index (χ0n) is 17.3. The lowest BCUT2D eigenvalue weighted by Gasteiger charge is -2.33. The lowest BCUT2D eigenvalue weighted by molar-refractivity contribution is 0.350. The van der Waals surface area contributed by atoms with E-state index in [2.05, 4.69) is 24.8 Å². The molecule has 8 heteroatoms. The van der Waals surface area contributed by atoms with E-state index in [1.807, 2.05) is 25.1 Å². The Kier molecular flexibility index (Phi) is 5.11. The lowest BCUT2D eigenvalue weighted by Crippen LogP contribution is -2.37. The molecule has 0 aliphatic carbocycles. The summed E-state index contributed by atoms with van der Waals surface area (Å²) in [5, 5.41) is 1.03. The number of aryl methyl sites for hydroxylation is 1. The highest BCUT2D eigenvalue weighted by molar-refractivity contribution is 5.88. The molecule has 0 saturated carbocycles. The lowest BCUT2D eigenvalue weighted by atomic mass is 9.96. The van der Waals surface area contributed by atoms with Gasteiger partial charge in [0.15, 0.2) is 0 Å². The smallest absolute Gasteiger partial charge is 0.253 e. The van der Waals surface area contributed by atoms with Crippen LogP contribution in [0, 0.1) is 12.8 Å². The summed E-state index contributed by atoms with van der Waals surface area (Å²) < 4.78 is 1.72. The van der Waals surface area contributed by atoms with Gasteiger partial charge in [0.25, 0.3) is 5.56 Å². The highest BCUT2D eigenvalue weighted by Gasteiger charge is 2.23. The van der Waals surface area contributed by atoms with E-state index in [0.29, 0.717) is 18.2 Å². The molecule has 0 radical (unpaired) electrons. The summed E-state index contributed by atoms with van der Waals surface area (Å²) in [5.74, 6) is 2.16. The number of piperidine rings is 1. The maximum Gasteiger partial charge on any atom is 0.253 e. The van der Waals surface area contributed by atoms with Gasteiger partial charge in [-0.15, -0.1) is 0 Å². The van der Waals surface area contributed by atoms with Gasteiger partial charge in [-0.25, -0.2) is 15.0 Å². The molecule has 4 aromatic heterocycles. The third-order valence-electron chi connectivity index (χ3n) is 5.80. The number of pyridine rings is 2. The van der Waals surface area contributed by atoms with Gasteiger partial charge in [-0.2, -0.15) is 0 Å². The summed E-state index contributed by atoms with van der Waals surface area (Å²) in [5.41, 5.74) is 2.35. The molecular weight excluding hydrogens is 390 g/mol. The van der Waals surface area contributed by atoms with Crippen LogP contribution in [-0.2, 0) is 6.54 Å². The van der Waals surface area contributed by atoms with Crippen molar-refractivity contribution in [2.75, 3.05) is 18.0 Å². The number of fused-ring (bicyclic) bond motifs is 1. The van der Waals surface area contributed by atoms with Crippen LogP contribution < -0.4 is 10.5 Å². The first kappa shape index (κ1) is 19.3. The Morgan fingerprint density at radius 1 is 1.06 bits per heavy atom. The molecule has 1 fully saturated rings. The molecule has 1 saturated heterocycles. The van der Waals surface area contributed by atoms with Crippen LogP contribution in [0.25, 0.3) is 22.2 Å². The van der Waals surface area contributed by atoms with Crippen molar-refractivity contribution >= 4 is 16.7 Å². The SMILES string of the molecule is Cc1nc(N2CCC(Cn3cnc(-c4cccnc4)cc3=O)CC2)c2ccncc2n1. The van der Waals surface area contributed by atoms with Gasteiger partial charge in [0, 0.05) is 55.2 Å². The molecule has 0 N–H and O–H groups in total. The van der Waals surface area contributed by atoms with E-state index in [9.17, 15) is 4.79 Å². The number of hydrogen-bond donors (Lipinski definition) is 0. The first-order valence-electron chi connectivity index (χ1n) is 10.5. The van der Waals surface area contributed by atoms with Crippen molar-refractivity contribution in [1.29, 1.82) is 0 Å². The summed E-state index contributed by atoms with van der Waals surface area (Å²) in [4.78, 5) is 36.9. The van der Waals surface area contributed by atoms with Gasteiger partial charge < -0.3 is 4.90 Å². The molecule has 0 bridgehead atoms. The van der Waals surface area contributed by atoms with Gasteiger partial charge in [0.1, 0.15) is 11.6 Å². The molecule has 0 spiro atoms. The third-order valence-corrected chi connectivity index (χ3v) is 5.80. The van der Waals surface area contributed by atoms with Crippen molar-refractivity contribution < 1.29 is 0 Å². The largest absolute Gasteiger partial charge is 0.356 e. The van der Waals surface area contributed by atoms with Crippen LogP contribution in [0.1, 0.15) is 18.7 Å². The Morgan fingerprint density at radius 3 is 2.68 bits per heavy atom. The van der Waals surface area contributed by atoms with E-state index in [1.54, 1.807) is 41.7 Å². The zero-order valence-corrected chi connectivity index (χ0v) is 17.3. The van der Waals surface area contributed by atoms with Crippen molar-refractivity contribution in [3.8, 4) is 11.3 Å². The topological polar surface area (TPSA) is 89.7 Å². The van der Waals surface area contributed by atoms with E-state index >= 15 is 0 Å². The molecule has 5 rings (SSSR count). The fraction of sp³-hybridized carbons (Fsp3) is 0.304. The fourth-order valence-corrected chi connectivity index (χ4v) is 4.16. The van der Waals surface area contributed by atoms with Crippen LogP contribution >= 0.6 is 0 Å². The third kappa shape index (κ3) is 4.01. The van der Waals surface area contributed by atoms with Crippen LogP contribution in [0.5, 0.6) is 0 Å². The monoisotopic (exact) mass is 413 g/mol. The molecule has 156 valence electrons. The summed E-state index contributed by atoms with van der Waals surface area (Å²) in [6, 6.07) is 7.32. The highest BCUT2D eigenvalue weighted by Crippen LogP contribution is 2.28. The predicted octanol–water partition coefficient (Wildman–Crippen LogP) is 2.87. The zero-order chi connectivity index (χ0) is 21.2. The Labute approximate surface area is 179 Å². The molecule has 8 nitrogen and oxygen atoms in total. The van der Waals surface area contributed by atoms with Crippen molar-refractivity contribution in [2.24, 2.45) is 5.92 Å². The van der Waals surface area contributed by atoms with Crippen molar-refractivity contribution in [2.45, 2.75) is 26.3 Å². The van der Waals surface area contributed by atoms with Crippen molar-refractivity contribution in [1.82, 2.24) is 29.5 Å². The van der Waals surface area contributed by atoms with Gasteiger partial charge >= 0.3 is 0 Å². The standard InChI is InChI=1S/C23H23N7O/c1-16-27-21-13-25-8-4-19(21)23(28-16)29-9-5-17(6-10-29)14-30-15-26-20(11-22(30)31)18-3-2-7-24-12-18/h2-4,7-8,11-13,15,17H,5-6,9-10,14H2,1H3. The molecule has 1 aliphatic heterocycles. The quantitative estimate of drug-likeness (QED) is 0.508. The van der Waals surface area contributed by atoms with E-state index in [1.165, 1.54) is 0 Å². The summed E-state index contributed by atoms with van der Waals surface area (Å²) >= 11 is 0. The van der Waals surface area contributed by atoms with E-state index < -0.39 is 0 Å². The van der Waals surface area contributed by atoms with Gasteiger partial charge in [0.05, 0.1) is 23.7 Å². The first-order chi connectivity index (χ1) is 15.2. The minimum atomic E-state index is -0.0267. The number of aromatic nitrogens is 6. The number of rotatable bonds is 4. The Hall–Kier alpha value is -3.68. The van der Waals surface area contributed by atoms with Gasteiger partial charge in [-0.1, -0.05) is 0 Å². The summed E-state index contributed by atoms with van der Waals surface area (Å²) in [7, 11) is 0. The second-order valence-corrected chi connectivity index (χ2v) is 7.92. The summed E-state index contributed by atoms with van der Waals surface area (Å²) in [6.45, 7) is 4.39. The van der Waals surface area contributed by atoms with E-state index in [-0.39, 0.29) is 5.56 Å². The molecule has 1 aliphatic rings. The van der Waals surface area contributed by atoms with Gasteiger partial charge in [-0.05, 0) is 43.9 Å². The minimum absolute atomic E-state index is 0.0267. The normalized spacial score (nSPS) is 14.8. The number of nitrogens with zero attached hydrogens (tertiary/aromatic N) is 7. The molecule has 4 aromatic rings. The van der Waals surface area contributed by atoms with Crippen LogP contribution in [-0.4, -0.2) is 42.6 Å². The Balaban J connectivity index is 1.28. The van der Waals surface area contributed by atoms with Crippen molar-refractivity contribution in [3.63, 3.8) is 0 Å². The molecule has 31 heavy (non-hydrogen) atoms. The van der Waals surface area contributed by atoms with Gasteiger partial charge in [-0.3, -0.25) is 19.3 Å². The molecule has 0 amide bonds. The van der Waals surface area contributed by atoms with E-state index in [0.717, 1.165) is 54.0 Å². The highest BCUT2D eigenvalue weighted by atomic mass is 16.1. The first-order valence-corrected chi connectivity index (χ1v) is 10.5. The molecular formula is C23H23N7O. The average molecular weight is 413 g/mol. The predicted molar refractivity (Wildman–Crippen MR) is 119 cm³/mol. The average Bonchev–Trinajstić information content (AvgIpc) is 2.81. The second-order valence-electron chi connectivity index (χ2n) is 7.92. The summed E-state index contributed by atoms with van der Waals surface area (Å²) in [6.07, 6.45) is 10.6. The molecule has 0 unspecified atom stereocenters. The molecule has 0 aromatic carbocycles. The van der Waals surface area contributed by atoms with Crippen LogP contribution in [0.2, 0.25) is 0 Å². The fourth-order valence-electron chi connectivity index (χ4n) is 4.16. The Morgan fingerprint density at radius 2 is 1.90 bits per heavy atom. The number of anilines is 1. The van der Waals surface area contributed by atoms with Crippen LogP contribution in [0.3, 0.4) is 0 Å². The van der Waals surface area contributed by atoms with E-state index in [4.69, 9.17) is 4.98 Å². The molecule has 5 heterocycles. The maximum absolute atomic E-state index is 12.6. The minimum Gasteiger partial charge on any atom is -0.356 e. The second kappa shape index (κ2) is 8.22. The molecule has 0 atom stereocenters. The maximum atomic E-state index is 12.6. The van der Waals surface area contributed by atoms with Crippen molar-refractivity contribution in [3.05, 3.63) is 71.6 Å². The van der Waals surface area contributed by atoms with Crippen LogP contribution in [0.4, 0.5) is 5.82 Å². The van der Waals surface area contributed by atoms with Crippen LogP contribution in [0.15, 0.2) is 60.2 Å². The number of hydrogen-bond acceptors (Lipinski definition) is 7. The Bertz CT molecular complexity index is 1260.